The summed E-state index contributed by atoms with van der Waals surface area (Å²) in [5.41, 5.74) is 23.1. The number of carbonyl (C=O) groups is 2. The van der Waals surface area contributed by atoms with Gasteiger partial charge in [-0.25, -0.2) is 0 Å². The van der Waals surface area contributed by atoms with Gasteiger partial charge in [0.15, 0.2) is 0 Å². The van der Waals surface area contributed by atoms with Crippen molar-refractivity contribution in [1.29, 1.82) is 0 Å². The minimum Gasteiger partial charge on any atom is -0.354 e. The quantitative estimate of drug-likeness (QED) is 0.0203. The molecule has 0 aliphatic heterocycles. The van der Waals surface area contributed by atoms with Crippen molar-refractivity contribution in [2.75, 3.05) is 118 Å². The predicted molar refractivity (Wildman–Crippen MR) is 363 cm³/mol. The van der Waals surface area contributed by atoms with Crippen LogP contribution in [0.2, 0.25) is 0 Å². The Morgan fingerprint density at radius 1 is 0.361 bits per heavy atom. The van der Waals surface area contributed by atoms with E-state index in [0.717, 1.165) is 143 Å². The summed E-state index contributed by atoms with van der Waals surface area (Å²) >= 11 is 0. The highest BCUT2D eigenvalue weighted by Crippen LogP contribution is 2.15. The number of hydrogen-bond acceptors (Lipinski definition) is 12. The van der Waals surface area contributed by atoms with Gasteiger partial charge < -0.3 is 64.6 Å². The lowest BCUT2D eigenvalue weighted by molar-refractivity contribution is -0.124. The molecular formula is C69H144N12O2. The molecule has 0 fully saturated rings. The summed E-state index contributed by atoms with van der Waals surface area (Å²) in [6, 6.07) is -0.437. The first-order valence-corrected chi connectivity index (χ1v) is 35.7. The molecule has 0 saturated carbocycles. The van der Waals surface area contributed by atoms with Crippen LogP contribution in [0.3, 0.4) is 0 Å². The molecule has 2 amide bonds. The molecule has 4 unspecified atom stereocenters. The summed E-state index contributed by atoms with van der Waals surface area (Å²) in [7, 11) is 0. The second kappa shape index (κ2) is 66.0. The summed E-state index contributed by atoms with van der Waals surface area (Å²) in [6.07, 6.45) is 54.7. The maximum Gasteiger partial charge on any atom is 0.237 e. The van der Waals surface area contributed by atoms with Gasteiger partial charge in [0.1, 0.15) is 0 Å². The van der Waals surface area contributed by atoms with E-state index in [0.29, 0.717) is 44.6 Å². The lowest BCUT2D eigenvalue weighted by Crippen LogP contribution is -2.48. The van der Waals surface area contributed by atoms with Gasteiger partial charge in [-0.3, -0.25) is 9.59 Å². The Morgan fingerprint density at radius 3 is 1.04 bits per heavy atom. The molecule has 83 heavy (non-hydrogen) atoms. The molecule has 0 saturated heterocycles. The molecule has 0 aliphatic rings. The van der Waals surface area contributed by atoms with Crippen LogP contribution in [-0.4, -0.2) is 152 Å². The molecule has 0 bridgehead atoms. The molecule has 0 aromatic heterocycles. The summed E-state index contributed by atoms with van der Waals surface area (Å²) < 4.78 is 0. The number of carbonyl (C=O) groups excluding carboxylic acids is 2. The first-order valence-electron chi connectivity index (χ1n) is 35.7. The van der Waals surface area contributed by atoms with Gasteiger partial charge in [-0.05, 0) is 212 Å². The molecule has 0 rings (SSSR count). The summed E-state index contributed by atoms with van der Waals surface area (Å²) in [6.45, 7) is 24.4. The number of rotatable bonds is 68. The van der Waals surface area contributed by atoms with Gasteiger partial charge in [-0.1, -0.05) is 168 Å². The molecular weight excluding hydrogens is 1030 g/mol. The zero-order valence-corrected chi connectivity index (χ0v) is 55.5. The van der Waals surface area contributed by atoms with E-state index in [1.165, 1.54) is 180 Å². The predicted octanol–water partition coefficient (Wildman–Crippen LogP) is 11.6. The Morgan fingerprint density at radius 2 is 0.675 bits per heavy atom. The van der Waals surface area contributed by atoms with E-state index in [2.05, 4.69) is 93.7 Å². The molecule has 0 heterocycles. The monoisotopic (exact) mass is 1170 g/mol. The third-order valence-electron chi connectivity index (χ3n) is 16.3. The van der Waals surface area contributed by atoms with E-state index in [-0.39, 0.29) is 23.9 Å². The Balaban J connectivity index is 5.84. The van der Waals surface area contributed by atoms with E-state index in [1.807, 2.05) is 0 Å². The fourth-order valence-corrected chi connectivity index (χ4v) is 11.0. The number of allylic oxidation sites excluding steroid dienone is 4. The van der Waals surface area contributed by atoms with E-state index < -0.39 is 0 Å². The van der Waals surface area contributed by atoms with Gasteiger partial charge in [0.05, 0.1) is 12.1 Å². The van der Waals surface area contributed by atoms with E-state index >= 15 is 0 Å². The van der Waals surface area contributed by atoms with Crippen molar-refractivity contribution >= 4 is 11.8 Å². The molecule has 492 valence electrons. The van der Waals surface area contributed by atoms with Crippen molar-refractivity contribution in [3.05, 3.63) is 24.3 Å². The van der Waals surface area contributed by atoms with Crippen molar-refractivity contribution in [3.63, 3.8) is 0 Å². The van der Waals surface area contributed by atoms with Gasteiger partial charge in [0, 0.05) is 39.3 Å². The van der Waals surface area contributed by atoms with Crippen LogP contribution in [0.15, 0.2) is 24.3 Å². The summed E-state index contributed by atoms with van der Waals surface area (Å²) in [5, 5.41) is 20.8. The molecule has 0 aliphatic carbocycles. The normalized spacial score (nSPS) is 13.5. The van der Waals surface area contributed by atoms with Crippen LogP contribution in [0.4, 0.5) is 0 Å². The second-order valence-corrected chi connectivity index (χ2v) is 24.9. The number of nitrogens with two attached hydrogens (primary N) is 4. The smallest absolute Gasteiger partial charge is 0.237 e. The molecule has 0 radical (unpaired) electrons. The molecule has 0 aromatic carbocycles. The Bertz CT molecular complexity index is 1390. The first kappa shape index (κ1) is 81.0. The van der Waals surface area contributed by atoms with Gasteiger partial charge in [-0.15, -0.1) is 0 Å². The Hall–Kier alpha value is -1.98. The van der Waals surface area contributed by atoms with Gasteiger partial charge >= 0.3 is 0 Å². The topological polar surface area (TPSA) is 217 Å². The highest BCUT2D eigenvalue weighted by atomic mass is 16.2. The van der Waals surface area contributed by atoms with E-state index in [9.17, 15) is 9.59 Å². The third-order valence-corrected chi connectivity index (χ3v) is 16.3. The summed E-state index contributed by atoms with van der Waals surface area (Å²) in [5.74, 6) is 0.830. The third kappa shape index (κ3) is 57.5. The minimum absolute atomic E-state index is 0.0993. The SMILES string of the molecule is CCCCCCCC/C=C/CCCCCCCCN(CCN(CCCCCCCC/C=C/CCCCCCCC)CC(C)CNC(=O)C(CCCNCCCCN)NCCCN)CC(C)CNC(=O)C(CCCNCCCN)NCCCN. The number of amides is 2. The number of nitrogens with zero attached hydrogens (tertiary/aromatic N) is 2. The average Bonchev–Trinajstić information content (AvgIpc) is 3.52. The highest BCUT2D eigenvalue weighted by molar-refractivity contribution is 5.82. The van der Waals surface area contributed by atoms with Crippen LogP contribution in [0.25, 0.3) is 0 Å². The van der Waals surface area contributed by atoms with Crippen molar-refractivity contribution in [1.82, 2.24) is 41.7 Å². The molecule has 14 heteroatoms. The Kier molecular flexibility index (Phi) is 64.4. The van der Waals surface area contributed by atoms with Crippen molar-refractivity contribution in [2.45, 2.75) is 277 Å². The molecule has 0 aromatic rings. The zero-order chi connectivity index (χ0) is 60.6. The number of unbranched alkanes of at least 4 members (excludes halogenated alkanes) is 25. The fraction of sp³-hybridized carbons (Fsp3) is 0.913. The highest BCUT2D eigenvalue weighted by Gasteiger charge is 2.21. The number of nitrogens with one attached hydrogen (secondary N) is 6. The van der Waals surface area contributed by atoms with Gasteiger partial charge in [0.2, 0.25) is 11.8 Å². The molecule has 4 atom stereocenters. The van der Waals surface area contributed by atoms with Crippen molar-refractivity contribution in [2.24, 2.45) is 34.8 Å². The average molecular weight is 1170 g/mol. The maximum absolute atomic E-state index is 13.8. The molecule has 14 N–H and O–H groups in total. The standard InChI is InChI=1S/C69H144N12O2/c1-5-7-9-11-13-15-17-19-21-23-25-27-29-31-33-37-56-80(62-64(3)60-78-68(82)66(76-54-42-48-72)44-39-51-74-50-36-35-46-70)58-59-81(57-38-34-32-30-28-26-24-22-20-18-16-14-12-10-8-6-2)63-65(4)61-79-69(83)67(77-55-43-49-73)45-40-52-75-53-41-47-71/h19-22,64-67,74-77H,5-18,23-63,70-73H2,1-4H3,(H,78,82)(H,79,83)/b21-19+,22-20+. The lowest BCUT2D eigenvalue weighted by atomic mass is 10.1. The first-order chi connectivity index (χ1) is 40.8. The van der Waals surface area contributed by atoms with Crippen LogP contribution in [0, 0.1) is 11.8 Å². The Labute approximate surface area is 515 Å². The fourth-order valence-electron chi connectivity index (χ4n) is 11.0. The van der Waals surface area contributed by atoms with Gasteiger partial charge in [-0.2, -0.15) is 0 Å². The molecule has 14 nitrogen and oxygen atoms in total. The lowest BCUT2D eigenvalue weighted by Gasteiger charge is -2.31. The van der Waals surface area contributed by atoms with Crippen LogP contribution >= 0.6 is 0 Å². The zero-order valence-electron chi connectivity index (χ0n) is 55.5. The second-order valence-electron chi connectivity index (χ2n) is 24.9. The number of hydrogen-bond donors (Lipinski definition) is 10. The van der Waals surface area contributed by atoms with Crippen LogP contribution < -0.4 is 54.8 Å². The minimum atomic E-state index is -0.221. The van der Waals surface area contributed by atoms with Crippen molar-refractivity contribution < 1.29 is 9.59 Å². The molecule has 0 spiro atoms. The van der Waals surface area contributed by atoms with Crippen LogP contribution in [-0.2, 0) is 9.59 Å². The van der Waals surface area contributed by atoms with E-state index in [1.54, 1.807) is 0 Å². The largest absolute Gasteiger partial charge is 0.354 e. The maximum atomic E-state index is 13.8. The summed E-state index contributed by atoms with van der Waals surface area (Å²) in [4.78, 5) is 32.9. The van der Waals surface area contributed by atoms with Crippen LogP contribution in [0.5, 0.6) is 0 Å². The van der Waals surface area contributed by atoms with Gasteiger partial charge in [0.25, 0.3) is 0 Å². The van der Waals surface area contributed by atoms with Crippen molar-refractivity contribution in [3.8, 4) is 0 Å². The van der Waals surface area contributed by atoms with E-state index in [4.69, 9.17) is 22.9 Å². The van der Waals surface area contributed by atoms with Crippen LogP contribution in [0.1, 0.15) is 265 Å².